The number of benzene rings is 1. The summed E-state index contributed by atoms with van der Waals surface area (Å²) in [5.74, 6) is 0.571. The van der Waals surface area contributed by atoms with E-state index in [0.29, 0.717) is 17.3 Å². The summed E-state index contributed by atoms with van der Waals surface area (Å²) in [5.41, 5.74) is 0.917. The zero-order chi connectivity index (χ0) is 15.2. The number of ether oxygens (including phenoxy) is 1. The number of carbonyl (C=O) groups is 1. The SMILES string of the molecule is Cc1cc(Cl)ccc1OC(C)C(=O)NCCc1cccs1. The maximum atomic E-state index is 12.0. The molecule has 1 heterocycles. The summed E-state index contributed by atoms with van der Waals surface area (Å²) in [4.78, 5) is 13.3. The van der Waals surface area contributed by atoms with Crippen molar-refractivity contribution in [1.82, 2.24) is 5.32 Å². The fraction of sp³-hybridized carbons (Fsp3) is 0.312. The van der Waals surface area contributed by atoms with Crippen LogP contribution in [-0.4, -0.2) is 18.6 Å². The van der Waals surface area contributed by atoms with E-state index >= 15 is 0 Å². The molecule has 0 fully saturated rings. The van der Waals surface area contributed by atoms with Gasteiger partial charge in [0.05, 0.1) is 0 Å². The zero-order valence-corrected chi connectivity index (χ0v) is 13.6. The van der Waals surface area contributed by atoms with Crippen LogP contribution < -0.4 is 10.1 Å². The van der Waals surface area contributed by atoms with Gasteiger partial charge in [-0.1, -0.05) is 17.7 Å². The van der Waals surface area contributed by atoms with Crippen molar-refractivity contribution in [1.29, 1.82) is 0 Å². The van der Waals surface area contributed by atoms with Crippen LogP contribution in [0.25, 0.3) is 0 Å². The van der Waals surface area contributed by atoms with Crippen LogP contribution in [0.2, 0.25) is 5.02 Å². The van der Waals surface area contributed by atoms with Gasteiger partial charge in [-0.3, -0.25) is 4.79 Å². The highest BCUT2D eigenvalue weighted by molar-refractivity contribution is 7.09. The Balaban J connectivity index is 1.81. The van der Waals surface area contributed by atoms with Crippen molar-refractivity contribution >= 4 is 28.8 Å². The Kier molecular flexibility index (Phi) is 5.65. The van der Waals surface area contributed by atoms with Crippen LogP contribution in [0.5, 0.6) is 5.75 Å². The van der Waals surface area contributed by atoms with Crippen LogP contribution in [0.4, 0.5) is 0 Å². The topological polar surface area (TPSA) is 38.3 Å². The lowest BCUT2D eigenvalue weighted by Gasteiger charge is -2.16. The molecule has 0 aliphatic rings. The maximum absolute atomic E-state index is 12.0. The monoisotopic (exact) mass is 323 g/mol. The highest BCUT2D eigenvalue weighted by Crippen LogP contribution is 2.22. The minimum Gasteiger partial charge on any atom is -0.481 e. The predicted molar refractivity (Wildman–Crippen MR) is 87.3 cm³/mol. The molecule has 0 radical (unpaired) electrons. The Bertz CT molecular complexity index is 598. The smallest absolute Gasteiger partial charge is 0.260 e. The lowest BCUT2D eigenvalue weighted by atomic mass is 10.2. The number of hydrogen-bond acceptors (Lipinski definition) is 3. The molecular weight excluding hydrogens is 306 g/mol. The van der Waals surface area contributed by atoms with Gasteiger partial charge in [0.1, 0.15) is 5.75 Å². The van der Waals surface area contributed by atoms with E-state index in [1.54, 1.807) is 30.4 Å². The fourth-order valence-electron chi connectivity index (χ4n) is 1.90. The molecule has 1 aromatic carbocycles. The van der Waals surface area contributed by atoms with Gasteiger partial charge in [0.2, 0.25) is 0 Å². The molecule has 0 bridgehead atoms. The molecule has 0 saturated carbocycles. The van der Waals surface area contributed by atoms with Gasteiger partial charge in [-0.25, -0.2) is 0 Å². The number of thiophene rings is 1. The van der Waals surface area contributed by atoms with Gasteiger partial charge in [0.15, 0.2) is 6.10 Å². The third kappa shape index (κ3) is 4.76. The third-order valence-corrected chi connectivity index (χ3v) is 4.23. The lowest BCUT2D eigenvalue weighted by molar-refractivity contribution is -0.127. The summed E-state index contributed by atoms with van der Waals surface area (Å²) in [5, 5.41) is 5.58. The minimum absolute atomic E-state index is 0.110. The molecule has 5 heteroatoms. The van der Waals surface area contributed by atoms with Gasteiger partial charge in [-0.15, -0.1) is 11.3 Å². The van der Waals surface area contributed by atoms with Crippen molar-refractivity contribution in [2.45, 2.75) is 26.4 Å². The molecule has 1 atom stereocenters. The van der Waals surface area contributed by atoms with Gasteiger partial charge < -0.3 is 10.1 Å². The summed E-state index contributed by atoms with van der Waals surface area (Å²) in [6, 6.07) is 9.43. The second kappa shape index (κ2) is 7.48. The molecule has 1 amide bonds. The number of nitrogens with one attached hydrogen (secondary N) is 1. The molecule has 3 nitrogen and oxygen atoms in total. The van der Waals surface area contributed by atoms with Crippen LogP contribution in [-0.2, 0) is 11.2 Å². The van der Waals surface area contributed by atoms with Gasteiger partial charge in [-0.05, 0) is 55.5 Å². The molecule has 112 valence electrons. The maximum Gasteiger partial charge on any atom is 0.260 e. The number of hydrogen-bond donors (Lipinski definition) is 1. The lowest BCUT2D eigenvalue weighted by Crippen LogP contribution is -2.37. The van der Waals surface area contributed by atoms with Crippen LogP contribution in [0.15, 0.2) is 35.7 Å². The molecule has 0 aliphatic heterocycles. The van der Waals surface area contributed by atoms with E-state index in [1.165, 1.54) is 4.88 Å². The van der Waals surface area contributed by atoms with Crippen molar-refractivity contribution in [3.63, 3.8) is 0 Å². The van der Waals surface area contributed by atoms with Crippen molar-refractivity contribution in [3.05, 3.63) is 51.2 Å². The Hall–Kier alpha value is -1.52. The molecule has 1 unspecified atom stereocenters. The highest BCUT2D eigenvalue weighted by Gasteiger charge is 2.15. The quantitative estimate of drug-likeness (QED) is 0.877. The van der Waals surface area contributed by atoms with E-state index in [1.807, 2.05) is 24.4 Å². The molecule has 21 heavy (non-hydrogen) atoms. The van der Waals surface area contributed by atoms with Crippen LogP contribution in [0.1, 0.15) is 17.4 Å². The van der Waals surface area contributed by atoms with Crippen LogP contribution in [0, 0.1) is 6.92 Å². The molecule has 2 aromatic rings. The Morgan fingerprint density at radius 3 is 2.90 bits per heavy atom. The second-order valence-corrected chi connectivity index (χ2v) is 6.26. The van der Waals surface area contributed by atoms with E-state index in [-0.39, 0.29) is 5.91 Å². The molecular formula is C16H18ClNO2S. The number of aryl methyl sites for hydroxylation is 1. The summed E-state index contributed by atoms with van der Waals surface area (Å²) in [6.45, 7) is 4.27. The van der Waals surface area contributed by atoms with Gasteiger partial charge >= 0.3 is 0 Å². The van der Waals surface area contributed by atoms with Crippen LogP contribution >= 0.6 is 22.9 Å². The van der Waals surface area contributed by atoms with Crippen molar-refractivity contribution < 1.29 is 9.53 Å². The normalized spacial score (nSPS) is 12.0. The van der Waals surface area contributed by atoms with E-state index in [9.17, 15) is 4.79 Å². The average Bonchev–Trinajstić information content (AvgIpc) is 2.95. The first-order valence-electron chi connectivity index (χ1n) is 6.79. The largest absolute Gasteiger partial charge is 0.481 e. The zero-order valence-electron chi connectivity index (χ0n) is 12.1. The first kappa shape index (κ1) is 15.9. The minimum atomic E-state index is -0.534. The predicted octanol–water partition coefficient (Wildman–Crippen LogP) is 3.84. The Labute approximate surface area is 133 Å². The van der Waals surface area contributed by atoms with Gasteiger partial charge in [0.25, 0.3) is 5.91 Å². The Morgan fingerprint density at radius 1 is 1.43 bits per heavy atom. The first-order chi connectivity index (χ1) is 10.1. The molecule has 0 spiro atoms. The highest BCUT2D eigenvalue weighted by atomic mass is 35.5. The number of amides is 1. The van der Waals surface area contributed by atoms with Gasteiger partial charge in [0, 0.05) is 16.4 Å². The van der Waals surface area contributed by atoms with Crippen LogP contribution in [0.3, 0.4) is 0 Å². The summed E-state index contributed by atoms with van der Waals surface area (Å²) in [7, 11) is 0. The van der Waals surface area contributed by atoms with Gasteiger partial charge in [-0.2, -0.15) is 0 Å². The average molecular weight is 324 g/mol. The fourth-order valence-corrected chi connectivity index (χ4v) is 2.83. The Morgan fingerprint density at radius 2 is 2.24 bits per heavy atom. The molecule has 1 N–H and O–H groups in total. The second-order valence-electron chi connectivity index (χ2n) is 4.79. The summed E-state index contributed by atoms with van der Waals surface area (Å²) >= 11 is 7.59. The number of halogens is 1. The third-order valence-electron chi connectivity index (χ3n) is 3.06. The number of rotatable bonds is 6. The molecule has 0 aliphatic carbocycles. The first-order valence-corrected chi connectivity index (χ1v) is 8.05. The van der Waals surface area contributed by atoms with Crippen molar-refractivity contribution in [2.24, 2.45) is 0 Å². The van der Waals surface area contributed by atoms with E-state index in [0.717, 1.165) is 12.0 Å². The molecule has 2 rings (SSSR count). The number of carbonyl (C=O) groups excluding carboxylic acids is 1. The summed E-state index contributed by atoms with van der Waals surface area (Å²) < 4.78 is 5.68. The van der Waals surface area contributed by atoms with Crippen molar-refractivity contribution in [2.75, 3.05) is 6.54 Å². The van der Waals surface area contributed by atoms with E-state index < -0.39 is 6.10 Å². The van der Waals surface area contributed by atoms with E-state index in [2.05, 4.69) is 11.4 Å². The molecule has 0 saturated heterocycles. The van der Waals surface area contributed by atoms with Crippen molar-refractivity contribution in [3.8, 4) is 5.75 Å². The standard InChI is InChI=1S/C16H18ClNO2S/c1-11-10-13(17)5-6-15(11)20-12(2)16(19)18-8-7-14-4-3-9-21-14/h3-6,9-10,12H,7-8H2,1-2H3,(H,18,19). The van der Waals surface area contributed by atoms with E-state index in [4.69, 9.17) is 16.3 Å². The molecule has 1 aromatic heterocycles. The summed E-state index contributed by atoms with van der Waals surface area (Å²) in [6.07, 6.45) is 0.309.